The molecule has 0 bridgehead atoms. The van der Waals surface area contributed by atoms with Gasteiger partial charge < -0.3 is 29.9 Å². The van der Waals surface area contributed by atoms with Crippen LogP contribution >= 0.6 is 23.2 Å². The lowest BCUT2D eigenvalue weighted by molar-refractivity contribution is -0.139. The van der Waals surface area contributed by atoms with Gasteiger partial charge in [-0.3, -0.25) is 49.5 Å². The largest absolute Gasteiger partial charge is 0.382 e. The van der Waals surface area contributed by atoms with Crippen LogP contribution in [0.3, 0.4) is 0 Å². The lowest BCUT2D eigenvalue weighted by Crippen LogP contribution is -2.59. The van der Waals surface area contributed by atoms with Crippen molar-refractivity contribution < 1.29 is 47.4 Å². The highest BCUT2D eigenvalue weighted by Gasteiger charge is 2.46. The van der Waals surface area contributed by atoms with Crippen LogP contribution in [0.5, 0.6) is 0 Å². The van der Waals surface area contributed by atoms with Gasteiger partial charge in [-0.15, -0.1) is 5.10 Å². The van der Waals surface area contributed by atoms with E-state index in [2.05, 4.69) is 26.2 Å². The molecule has 342 valence electrons. The van der Waals surface area contributed by atoms with Crippen molar-refractivity contribution >= 4 is 87.9 Å². The van der Waals surface area contributed by atoms with Gasteiger partial charge in [0, 0.05) is 72.1 Å². The van der Waals surface area contributed by atoms with Crippen molar-refractivity contribution in [3.63, 3.8) is 0 Å². The second kappa shape index (κ2) is 19.5. The van der Waals surface area contributed by atoms with E-state index in [1.54, 1.807) is 53.1 Å². The quantitative estimate of drug-likeness (QED) is 0.0770. The Kier molecular flexibility index (Phi) is 14.1. The molecule has 7 amide bonds. The number of amides is 7. The average Bonchev–Trinajstić information content (AvgIpc) is 3.51. The van der Waals surface area contributed by atoms with E-state index < -0.39 is 53.2 Å². The number of carbonyl (C=O) groups is 7. The van der Waals surface area contributed by atoms with Crippen LogP contribution in [0.2, 0.25) is 10.0 Å². The molecule has 0 radical (unpaired) electrons. The number of halogens is 3. The van der Waals surface area contributed by atoms with Crippen LogP contribution < -0.4 is 21.7 Å². The van der Waals surface area contributed by atoms with Gasteiger partial charge in [-0.05, 0) is 75.7 Å². The summed E-state index contributed by atoms with van der Waals surface area (Å²) in [6.07, 6.45) is 0.356. The minimum Gasteiger partial charge on any atom is -0.382 e. The smallest absolute Gasteiger partial charge is 0.272 e. The Hall–Kier alpha value is -6.12. The molecule has 3 aromatic carbocycles. The summed E-state index contributed by atoms with van der Waals surface area (Å²) < 4.78 is 25.8. The summed E-state index contributed by atoms with van der Waals surface area (Å²) in [5, 5.41) is 15.8. The fraction of sp³-hybridized carbons (Fsp3) is 0.386. The number of nitrogens with one attached hydrogen (secondary N) is 3. The average molecular weight is 935 g/mol. The highest BCUT2D eigenvalue weighted by molar-refractivity contribution is 6.43. The zero-order valence-corrected chi connectivity index (χ0v) is 37.1. The SMILES string of the molecule is C[C@@H]1CN(C(=O)c2ccc(NC(=O)C3=NN=CC(N)(O[C@H](C)c4c(Cl)ccc(F)c4Cl)C3)cc2)C[C@H](C)N1C(=O)CCOCCNc1cccc2c1C(=O)N(C1CCC(=O)NC1=O)C2=O. The molecule has 0 aliphatic carbocycles. The number of carbonyl (C=O) groups excluding carboxylic acids is 7. The van der Waals surface area contributed by atoms with Crippen LogP contribution in [-0.4, -0.2) is 125 Å². The molecule has 2 fully saturated rings. The third-order valence-corrected chi connectivity index (χ3v) is 12.1. The van der Waals surface area contributed by atoms with E-state index in [9.17, 15) is 38.0 Å². The molecule has 5 N–H and O–H groups in total. The third kappa shape index (κ3) is 10.1. The molecule has 18 nitrogen and oxygen atoms in total. The number of piperidine rings is 1. The summed E-state index contributed by atoms with van der Waals surface area (Å²) in [6, 6.07) is 11.9. The highest BCUT2D eigenvalue weighted by atomic mass is 35.5. The number of imide groups is 2. The van der Waals surface area contributed by atoms with Gasteiger partial charge in [0.1, 0.15) is 17.6 Å². The molecule has 4 aliphatic heterocycles. The maximum Gasteiger partial charge on any atom is 0.272 e. The summed E-state index contributed by atoms with van der Waals surface area (Å²) in [5.74, 6) is -4.02. The number of ether oxygens (including phenoxy) is 2. The molecule has 5 atom stereocenters. The van der Waals surface area contributed by atoms with Crippen LogP contribution in [0.1, 0.15) is 89.2 Å². The molecule has 3 aromatic rings. The van der Waals surface area contributed by atoms with Gasteiger partial charge in [-0.2, -0.15) is 5.10 Å². The predicted molar refractivity (Wildman–Crippen MR) is 237 cm³/mol. The molecule has 65 heavy (non-hydrogen) atoms. The van der Waals surface area contributed by atoms with Gasteiger partial charge in [0.05, 0.1) is 48.1 Å². The fourth-order valence-electron chi connectivity index (χ4n) is 8.41. The number of nitrogens with two attached hydrogens (primary N) is 1. The van der Waals surface area contributed by atoms with Gasteiger partial charge in [0.25, 0.3) is 23.6 Å². The Morgan fingerprint density at radius 1 is 1.00 bits per heavy atom. The van der Waals surface area contributed by atoms with Crippen molar-refractivity contribution in [1.29, 1.82) is 0 Å². The van der Waals surface area contributed by atoms with E-state index >= 15 is 0 Å². The van der Waals surface area contributed by atoms with Crippen LogP contribution in [0.15, 0.2) is 64.8 Å². The molecular weight excluding hydrogens is 888 g/mol. The van der Waals surface area contributed by atoms with E-state index in [0.29, 0.717) is 30.0 Å². The first kappa shape index (κ1) is 46.9. The molecular formula is C44H46Cl2FN9O9. The van der Waals surface area contributed by atoms with Crippen molar-refractivity contribution in [3.05, 3.63) is 92.7 Å². The number of rotatable bonds is 14. The Balaban J connectivity index is 0.843. The van der Waals surface area contributed by atoms with Crippen LogP contribution in [0.25, 0.3) is 0 Å². The molecule has 4 aliphatic rings. The Bertz CT molecular complexity index is 2490. The lowest BCUT2D eigenvalue weighted by Gasteiger charge is -2.44. The van der Waals surface area contributed by atoms with Crippen LogP contribution in [0, 0.1) is 5.82 Å². The Morgan fingerprint density at radius 2 is 1.72 bits per heavy atom. The summed E-state index contributed by atoms with van der Waals surface area (Å²) in [6.45, 7) is 6.48. The number of piperazine rings is 1. The standard InChI is InChI=1S/C44H46Cl2FN9O9/c1-23-20-54(41(61)26-7-9-27(10-8-26)51-39(59)32-19-44(48,22-50-53-32)65-25(3)36-29(45)11-12-30(47)38(36)46)21-24(2)55(23)35(58)15-17-64-18-16-49-31-6-4-5-28-37(31)43(63)56(42(28)62)33-13-14-34(57)52-40(33)60/h4-12,22-25,33,49H,13-21,48H2,1-3H3,(H,51,59)(H,52,57,60)/t23-,24+,25-,33?,44?/m1/s1. The zero-order valence-electron chi connectivity index (χ0n) is 35.6. The summed E-state index contributed by atoms with van der Waals surface area (Å²) in [4.78, 5) is 95.0. The first-order valence-electron chi connectivity index (χ1n) is 20.9. The van der Waals surface area contributed by atoms with Crippen LogP contribution in [0.4, 0.5) is 15.8 Å². The maximum absolute atomic E-state index is 14.1. The van der Waals surface area contributed by atoms with E-state index in [-0.39, 0.29) is 102 Å². The number of nitrogens with zero attached hydrogens (tertiary/aromatic N) is 5. The lowest BCUT2D eigenvalue weighted by atomic mass is 10.0. The zero-order chi connectivity index (χ0) is 46.7. The fourth-order valence-corrected chi connectivity index (χ4v) is 9.09. The van der Waals surface area contributed by atoms with Gasteiger partial charge in [-0.25, -0.2) is 4.39 Å². The summed E-state index contributed by atoms with van der Waals surface area (Å²) in [7, 11) is 0. The number of hydrogen-bond donors (Lipinski definition) is 4. The third-order valence-electron chi connectivity index (χ3n) is 11.4. The number of fused-ring (bicyclic) bond motifs is 1. The first-order chi connectivity index (χ1) is 31.0. The Morgan fingerprint density at radius 3 is 2.43 bits per heavy atom. The molecule has 0 saturated carbocycles. The van der Waals surface area contributed by atoms with Crippen molar-refractivity contribution in [2.45, 2.75) is 76.4 Å². The van der Waals surface area contributed by atoms with Crippen molar-refractivity contribution in [2.75, 3.05) is 43.5 Å². The minimum atomic E-state index is -1.59. The van der Waals surface area contributed by atoms with Crippen molar-refractivity contribution in [3.8, 4) is 0 Å². The maximum atomic E-state index is 14.1. The van der Waals surface area contributed by atoms with E-state index in [0.717, 1.165) is 11.0 Å². The Labute approximate surface area is 382 Å². The monoisotopic (exact) mass is 933 g/mol. The molecule has 4 heterocycles. The molecule has 7 rings (SSSR count). The predicted octanol–water partition coefficient (Wildman–Crippen LogP) is 4.32. The molecule has 2 saturated heterocycles. The molecule has 21 heteroatoms. The van der Waals surface area contributed by atoms with Gasteiger partial charge in [0.15, 0.2) is 5.72 Å². The van der Waals surface area contributed by atoms with E-state index in [1.807, 2.05) is 13.8 Å². The molecule has 2 unspecified atom stereocenters. The number of benzene rings is 3. The van der Waals surface area contributed by atoms with E-state index in [4.69, 9.17) is 38.4 Å². The van der Waals surface area contributed by atoms with E-state index in [1.165, 1.54) is 18.3 Å². The molecule has 0 aromatic heterocycles. The van der Waals surface area contributed by atoms with Gasteiger partial charge in [0.2, 0.25) is 17.7 Å². The number of anilines is 2. The molecule has 0 spiro atoms. The van der Waals surface area contributed by atoms with Gasteiger partial charge >= 0.3 is 0 Å². The van der Waals surface area contributed by atoms with Crippen molar-refractivity contribution in [2.24, 2.45) is 15.9 Å². The summed E-state index contributed by atoms with van der Waals surface area (Å²) in [5.41, 5.74) is 6.43. The number of hydrogen-bond acceptors (Lipinski definition) is 13. The van der Waals surface area contributed by atoms with Gasteiger partial charge in [-0.1, -0.05) is 29.3 Å². The summed E-state index contributed by atoms with van der Waals surface area (Å²) >= 11 is 12.4. The second-order valence-electron chi connectivity index (χ2n) is 16.1. The normalized spacial score (nSPS) is 22.4. The highest BCUT2D eigenvalue weighted by Crippen LogP contribution is 2.37. The minimum absolute atomic E-state index is 0.0207. The second-order valence-corrected chi connectivity index (χ2v) is 16.9. The van der Waals surface area contributed by atoms with Crippen molar-refractivity contribution in [1.82, 2.24) is 20.0 Å². The van der Waals surface area contributed by atoms with Crippen LogP contribution in [-0.2, 0) is 28.7 Å². The topological polar surface area (TPSA) is 234 Å². The first-order valence-corrected chi connectivity index (χ1v) is 21.6.